The van der Waals surface area contributed by atoms with Crippen LogP contribution in [0, 0.1) is 0 Å². The molecule has 10 nitrogen and oxygen atoms in total. The molecular formula is C6H8N5O5P. The van der Waals surface area contributed by atoms with Crippen molar-refractivity contribution >= 4 is 24.9 Å². The summed E-state index contributed by atoms with van der Waals surface area (Å²) < 4.78 is 15.9. The second-order valence-corrected chi connectivity index (χ2v) is 4.33. The molecule has 0 unspecified atom stereocenters. The zero-order chi connectivity index (χ0) is 12.6. The van der Waals surface area contributed by atoms with Crippen LogP contribution in [0.5, 0.6) is 0 Å². The summed E-state index contributed by atoms with van der Waals surface area (Å²) >= 11 is 0. The van der Waals surface area contributed by atoms with Crippen LogP contribution in [0.1, 0.15) is 0 Å². The van der Waals surface area contributed by atoms with Gasteiger partial charge in [0.15, 0.2) is 11.2 Å². The smallest absolute Gasteiger partial charge is 0.369 e. The first-order valence-electron chi connectivity index (χ1n) is 4.27. The van der Waals surface area contributed by atoms with Crippen LogP contribution in [0.2, 0.25) is 0 Å². The summed E-state index contributed by atoms with van der Waals surface area (Å²) in [6.07, 6.45) is 1.17. The van der Waals surface area contributed by atoms with E-state index in [4.69, 9.17) is 15.5 Å². The molecule has 2 aromatic rings. The van der Waals surface area contributed by atoms with E-state index in [0.717, 1.165) is 4.57 Å². The Bertz CT molecular complexity index is 656. The highest BCUT2D eigenvalue weighted by Crippen LogP contribution is 2.36. The molecule has 0 aliphatic rings. The number of phosphoric ester groups is 1. The van der Waals surface area contributed by atoms with Crippen molar-refractivity contribution < 1.29 is 18.9 Å². The Morgan fingerprint density at radius 1 is 1.59 bits per heavy atom. The molecular weight excluding hydrogens is 253 g/mol. The second kappa shape index (κ2) is 3.93. The Hall–Kier alpha value is -1.74. The zero-order valence-electron chi connectivity index (χ0n) is 8.27. The van der Waals surface area contributed by atoms with E-state index in [-0.39, 0.29) is 17.1 Å². The number of imidazole rings is 1. The van der Waals surface area contributed by atoms with Gasteiger partial charge in [0.25, 0.3) is 5.56 Å². The van der Waals surface area contributed by atoms with Crippen LogP contribution in [0.15, 0.2) is 11.1 Å². The maximum absolute atomic E-state index is 11.4. The van der Waals surface area contributed by atoms with E-state index in [1.807, 2.05) is 0 Å². The number of nitrogen functional groups attached to an aromatic ring is 1. The summed E-state index contributed by atoms with van der Waals surface area (Å²) in [5, 5.41) is 0. The number of nitrogens with one attached hydrogen (secondary N) is 1. The van der Waals surface area contributed by atoms with Crippen LogP contribution < -0.4 is 11.3 Å². The minimum absolute atomic E-state index is 0.00788. The lowest BCUT2D eigenvalue weighted by Gasteiger charge is -2.06. The number of aromatic nitrogens is 4. The molecule has 5 N–H and O–H groups in total. The number of nitrogens with zero attached hydrogens (tertiary/aromatic N) is 3. The van der Waals surface area contributed by atoms with Crippen LogP contribution in [-0.4, -0.2) is 29.3 Å². The van der Waals surface area contributed by atoms with Crippen molar-refractivity contribution in [1.82, 2.24) is 19.5 Å². The van der Waals surface area contributed by atoms with Gasteiger partial charge in [0, 0.05) is 0 Å². The molecule has 2 heterocycles. The molecule has 17 heavy (non-hydrogen) atoms. The predicted molar refractivity (Wildman–Crippen MR) is 55.7 cm³/mol. The molecule has 11 heteroatoms. The van der Waals surface area contributed by atoms with Gasteiger partial charge in [-0.3, -0.25) is 18.9 Å². The standard InChI is InChI=1S/C6H8N5O5P/c7-6-9-4-3(5(12)10-6)8-1-11(4)2-16-17(13,14)15/h1H,2H2,(H2,13,14,15)(H3,7,9,10,12). The lowest BCUT2D eigenvalue weighted by molar-refractivity contribution is 0.155. The van der Waals surface area contributed by atoms with Crippen LogP contribution >= 0.6 is 7.82 Å². The van der Waals surface area contributed by atoms with E-state index in [2.05, 4.69) is 19.5 Å². The first-order valence-corrected chi connectivity index (χ1v) is 5.80. The maximum atomic E-state index is 11.4. The average molecular weight is 261 g/mol. The molecule has 0 spiro atoms. The van der Waals surface area contributed by atoms with Gasteiger partial charge in [0.1, 0.15) is 6.73 Å². The first-order chi connectivity index (χ1) is 7.87. The predicted octanol–water partition coefficient (Wildman–Crippen LogP) is -1.23. The molecule has 92 valence electrons. The van der Waals surface area contributed by atoms with Crippen LogP contribution in [0.3, 0.4) is 0 Å². The monoisotopic (exact) mass is 261 g/mol. The lowest BCUT2D eigenvalue weighted by Crippen LogP contribution is -2.12. The van der Waals surface area contributed by atoms with Crippen molar-refractivity contribution in [2.24, 2.45) is 0 Å². The topological polar surface area (TPSA) is 156 Å². The van der Waals surface area contributed by atoms with E-state index < -0.39 is 20.1 Å². The van der Waals surface area contributed by atoms with Gasteiger partial charge >= 0.3 is 7.82 Å². The van der Waals surface area contributed by atoms with Gasteiger partial charge in [-0.25, -0.2) is 9.55 Å². The highest BCUT2D eigenvalue weighted by molar-refractivity contribution is 7.46. The number of aromatic amines is 1. The summed E-state index contributed by atoms with van der Waals surface area (Å²) in [5.41, 5.74) is 4.88. The molecule has 0 amide bonds. The largest absolute Gasteiger partial charge is 0.471 e. The fraction of sp³-hybridized carbons (Fsp3) is 0.167. The Morgan fingerprint density at radius 2 is 2.29 bits per heavy atom. The SMILES string of the molecule is Nc1nc2c(ncn2COP(=O)(O)O)c(=O)[nH]1. The number of rotatable bonds is 3. The van der Waals surface area contributed by atoms with E-state index in [1.54, 1.807) is 0 Å². The summed E-state index contributed by atoms with van der Waals surface area (Å²) in [5.74, 6) is -0.125. The molecule has 0 saturated heterocycles. The quantitative estimate of drug-likeness (QED) is 0.500. The number of fused-ring (bicyclic) bond motifs is 1. The molecule has 0 saturated carbocycles. The summed E-state index contributed by atoms with van der Waals surface area (Å²) in [6, 6.07) is 0. The van der Waals surface area contributed by atoms with E-state index in [9.17, 15) is 9.36 Å². The normalized spacial score (nSPS) is 12.1. The highest BCUT2D eigenvalue weighted by atomic mass is 31.2. The van der Waals surface area contributed by atoms with Gasteiger partial charge in [-0.05, 0) is 0 Å². The first kappa shape index (κ1) is 11.7. The van der Waals surface area contributed by atoms with Crippen LogP contribution in [0.25, 0.3) is 11.2 Å². The molecule has 0 atom stereocenters. The van der Waals surface area contributed by atoms with Crippen molar-refractivity contribution in [1.29, 1.82) is 0 Å². The molecule has 0 aliphatic heterocycles. The number of hydrogen-bond acceptors (Lipinski definition) is 6. The third-order valence-corrected chi connectivity index (χ3v) is 2.31. The molecule has 0 bridgehead atoms. The zero-order valence-corrected chi connectivity index (χ0v) is 9.16. The van der Waals surface area contributed by atoms with Crippen LogP contribution in [-0.2, 0) is 15.8 Å². The molecule has 2 rings (SSSR count). The van der Waals surface area contributed by atoms with Gasteiger partial charge in [0.05, 0.1) is 6.33 Å². The minimum atomic E-state index is -4.60. The van der Waals surface area contributed by atoms with Gasteiger partial charge in [-0.15, -0.1) is 0 Å². The summed E-state index contributed by atoms with van der Waals surface area (Å²) in [6.45, 7) is -0.489. The summed E-state index contributed by atoms with van der Waals surface area (Å²) in [7, 11) is -4.60. The van der Waals surface area contributed by atoms with Crippen LogP contribution in [0.4, 0.5) is 5.95 Å². The average Bonchev–Trinajstić information content (AvgIpc) is 2.57. The summed E-state index contributed by atoms with van der Waals surface area (Å²) in [4.78, 5) is 38.2. The number of H-pyrrole nitrogens is 1. The van der Waals surface area contributed by atoms with E-state index >= 15 is 0 Å². The maximum Gasteiger partial charge on any atom is 0.471 e. The number of nitrogens with two attached hydrogens (primary N) is 1. The number of phosphoric acid groups is 1. The minimum Gasteiger partial charge on any atom is -0.369 e. The Kier molecular flexibility index (Phi) is 2.71. The Balaban J connectivity index is 2.43. The van der Waals surface area contributed by atoms with Crippen molar-refractivity contribution in [3.63, 3.8) is 0 Å². The fourth-order valence-electron chi connectivity index (χ4n) is 1.20. The molecule has 0 fully saturated rings. The third kappa shape index (κ3) is 2.50. The Morgan fingerprint density at radius 3 is 2.94 bits per heavy atom. The Labute approximate surface area is 93.3 Å². The van der Waals surface area contributed by atoms with E-state index in [1.165, 1.54) is 6.33 Å². The second-order valence-electron chi connectivity index (χ2n) is 3.09. The van der Waals surface area contributed by atoms with Crippen molar-refractivity contribution in [2.75, 3.05) is 5.73 Å². The van der Waals surface area contributed by atoms with Gasteiger partial charge in [0.2, 0.25) is 5.95 Å². The molecule has 0 aliphatic carbocycles. The number of anilines is 1. The van der Waals surface area contributed by atoms with Gasteiger partial charge in [-0.2, -0.15) is 4.98 Å². The van der Waals surface area contributed by atoms with Crippen molar-refractivity contribution in [3.8, 4) is 0 Å². The van der Waals surface area contributed by atoms with Crippen molar-refractivity contribution in [3.05, 3.63) is 16.7 Å². The van der Waals surface area contributed by atoms with Gasteiger partial charge < -0.3 is 15.5 Å². The highest BCUT2D eigenvalue weighted by Gasteiger charge is 2.16. The lowest BCUT2D eigenvalue weighted by atomic mass is 10.5. The van der Waals surface area contributed by atoms with Gasteiger partial charge in [-0.1, -0.05) is 0 Å². The van der Waals surface area contributed by atoms with Crippen molar-refractivity contribution in [2.45, 2.75) is 6.73 Å². The molecule has 0 aromatic carbocycles. The fourth-order valence-corrected chi connectivity index (χ4v) is 1.48. The number of hydrogen-bond donors (Lipinski definition) is 4. The molecule has 2 aromatic heterocycles. The third-order valence-electron chi connectivity index (χ3n) is 1.86. The van der Waals surface area contributed by atoms with E-state index in [0.29, 0.717) is 0 Å². The molecule has 0 radical (unpaired) electrons.